The monoisotopic (exact) mass is 329 g/mol. The molecule has 1 saturated heterocycles. The summed E-state index contributed by atoms with van der Waals surface area (Å²) < 4.78 is 35.2. The fourth-order valence-corrected chi connectivity index (χ4v) is 3.72. The van der Waals surface area contributed by atoms with E-state index in [1.165, 1.54) is 24.3 Å². The number of rotatable bonds is 4. The van der Waals surface area contributed by atoms with Gasteiger partial charge < -0.3 is 16.0 Å². The lowest BCUT2D eigenvalue weighted by Crippen LogP contribution is -2.45. The predicted molar refractivity (Wildman–Crippen MR) is 78.6 cm³/mol. The summed E-state index contributed by atoms with van der Waals surface area (Å²) >= 11 is 0. The van der Waals surface area contributed by atoms with Gasteiger partial charge in [-0.1, -0.05) is 0 Å². The van der Waals surface area contributed by atoms with E-state index in [4.69, 9.17) is 0 Å². The lowest BCUT2D eigenvalue weighted by atomic mass is 10.3. The van der Waals surface area contributed by atoms with E-state index in [2.05, 4.69) is 16.0 Å². The molecule has 7 nitrogen and oxygen atoms in total. The Balaban J connectivity index is 1.72. The molecule has 22 heavy (non-hydrogen) atoms. The molecule has 0 bridgehead atoms. The molecule has 1 aromatic carbocycles. The van der Waals surface area contributed by atoms with Crippen LogP contribution in [0.2, 0.25) is 0 Å². The molecule has 1 aliphatic rings. The Labute approximate surface area is 127 Å². The number of sulfone groups is 1. The van der Waals surface area contributed by atoms with Crippen molar-refractivity contribution in [1.82, 2.24) is 10.6 Å². The molecule has 0 unspecified atom stereocenters. The molecule has 1 atom stereocenters. The molecule has 0 aliphatic carbocycles. The number of benzene rings is 1. The van der Waals surface area contributed by atoms with Gasteiger partial charge in [-0.15, -0.1) is 0 Å². The van der Waals surface area contributed by atoms with Crippen LogP contribution in [0.5, 0.6) is 0 Å². The second-order valence-electron chi connectivity index (χ2n) is 4.98. The number of hydrogen-bond acceptors (Lipinski definition) is 4. The molecule has 0 aromatic heterocycles. The van der Waals surface area contributed by atoms with E-state index in [1.807, 2.05) is 0 Å². The summed E-state index contributed by atoms with van der Waals surface area (Å²) in [6, 6.07) is 4.18. The summed E-state index contributed by atoms with van der Waals surface area (Å²) in [7, 11) is -3.07. The molecular weight excluding hydrogens is 313 g/mol. The van der Waals surface area contributed by atoms with Crippen LogP contribution in [-0.2, 0) is 14.6 Å². The number of nitrogens with one attached hydrogen (secondary N) is 3. The number of hydrogen-bond donors (Lipinski definition) is 3. The Kier molecular flexibility index (Phi) is 4.96. The second-order valence-corrected chi connectivity index (χ2v) is 7.21. The molecule has 120 valence electrons. The molecule has 1 aliphatic heterocycles. The van der Waals surface area contributed by atoms with Crippen molar-refractivity contribution in [3.63, 3.8) is 0 Å². The Hall–Kier alpha value is -2.16. The summed E-state index contributed by atoms with van der Waals surface area (Å²) in [5.41, 5.74) is 0.412. The largest absolute Gasteiger partial charge is 0.334 e. The topological polar surface area (TPSA) is 104 Å². The fourth-order valence-electron chi connectivity index (χ4n) is 2.04. The average molecular weight is 329 g/mol. The van der Waals surface area contributed by atoms with Gasteiger partial charge in [0.15, 0.2) is 9.84 Å². The van der Waals surface area contributed by atoms with Gasteiger partial charge in [0.2, 0.25) is 5.91 Å². The van der Waals surface area contributed by atoms with Gasteiger partial charge in [0.05, 0.1) is 18.1 Å². The lowest BCUT2D eigenvalue weighted by Gasteiger charge is -2.12. The van der Waals surface area contributed by atoms with E-state index in [1.54, 1.807) is 0 Å². The highest BCUT2D eigenvalue weighted by Crippen LogP contribution is 2.11. The number of carbonyl (C=O) groups excluding carboxylic acids is 2. The zero-order chi connectivity index (χ0) is 16.2. The lowest BCUT2D eigenvalue weighted by molar-refractivity contribution is -0.115. The molecule has 0 spiro atoms. The molecule has 9 heteroatoms. The van der Waals surface area contributed by atoms with Crippen molar-refractivity contribution in [2.24, 2.45) is 0 Å². The van der Waals surface area contributed by atoms with Gasteiger partial charge >= 0.3 is 6.03 Å². The zero-order valence-corrected chi connectivity index (χ0v) is 12.5. The highest BCUT2D eigenvalue weighted by Gasteiger charge is 2.28. The third-order valence-corrected chi connectivity index (χ3v) is 4.87. The predicted octanol–water partition coefficient (Wildman–Crippen LogP) is 0.251. The van der Waals surface area contributed by atoms with Crippen molar-refractivity contribution < 1.29 is 22.4 Å². The van der Waals surface area contributed by atoms with Crippen molar-refractivity contribution in [3.05, 3.63) is 30.1 Å². The molecule has 1 fully saturated rings. The first-order valence-electron chi connectivity index (χ1n) is 6.64. The van der Waals surface area contributed by atoms with E-state index in [0.717, 1.165) is 0 Å². The maximum absolute atomic E-state index is 12.7. The SMILES string of the molecule is O=C(CNC(=O)N[C@H]1CCS(=O)(=O)C1)Nc1ccc(F)cc1. The summed E-state index contributed by atoms with van der Waals surface area (Å²) in [6.07, 6.45) is 0.373. The minimum atomic E-state index is -3.07. The Morgan fingerprint density at radius 2 is 1.91 bits per heavy atom. The van der Waals surface area contributed by atoms with E-state index in [0.29, 0.717) is 12.1 Å². The summed E-state index contributed by atoms with van der Waals surface area (Å²) in [5.74, 6) is -0.909. The second kappa shape index (κ2) is 6.73. The molecule has 1 heterocycles. The molecular formula is C13H16FN3O4S. The molecule has 2 rings (SSSR count). The Bertz CT molecular complexity index is 660. The smallest absolute Gasteiger partial charge is 0.315 e. The van der Waals surface area contributed by atoms with Crippen LogP contribution in [0.15, 0.2) is 24.3 Å². The zero-order valence-electron chi connectivity index (χ0n) is 11.6. The third-order valence-electron chi connectivity index (χ3n) is 3.11. The van der Waals surface area contributed by atoms with E-state index < -0.39 is 33.6 Å². The van der Waals surface area contributed by atoms with Crippen LogP contribution in [0.25, 0.3) is 0 Å². The number of urea groups is 1. The van der Waals surface area contributed by atoms with Crippen molar-refractivity contribution >= 4 is 27.5 Å². The first-order chi connectivity index (χ1) is 10.3. The van der Waals surface area contributed by atoms with Crippen LogP contribution in [-0.4, -0.2) is 44.4 Å². The van der Waals surface area contributed by atoms with Crippen molar-refractivity contribution in [2.45, 2.75) is 12.5 Å². The highest BCUT2D eigenvalue weighted by atomic mass is 32.2. The molecule has 0 saturated carbocycles. The third kappa shape index (κ3) is 4.99. The summed E-state index contributed by atoms with van der Waals surface area (Å²) in [5, 5.41) is 7.33. The minimum Gasteiger partial charge on any atom is -0.334 e. The highest BCUT2D eigenvalue weighted by molar-refractivity contribution is 7.91. The average Bonchev–Trinajstić information content (AvgIpc) is 2.78. The van der Waals surface area contributed by atoms with Gasteiger partial charge in [0, 0.05) is 11.7 Å². The van der Waals surface area contributed by atoms with Crippen LogP contribution in [0, 0.1) is 5.82 Å². The van der Waals surface area contributed by atoms with Gasteiger partial charge in [-0.05, 0) is 30.7 Å². The molecule has 0 radical (unpaired) electrons. The van der Waals surface area contributed by atoms with Gasteiger partial charge in [-0.25, -0.2) is 17.6 Å². The van der Waals surface area contributed by atoms with Crippen molar-refractivity contribution in [3.8, 4) is 0 Å². The van der Waals surface area contributed by atoms with Crippen LogP contribution in [0.1, 0.15) is 6.42 Å². The number of halogens is 1. The quantitative estimate of drug-likeness (QED) is 0.736. The van der Waals surface area contributed by atoms with Crippen LogP contribution in [0.4, 0.5) is 14.9 Å². The Morgan fingerprint density at radius 3 is 2.50 bits per heavy atom. The Morgan fingerprint density at radius 1 is 1.23 bits per heavy atom. The first-order valence-corrected chi connectivity index (χ1v) is 8.46. The first kappa shape index (κ1) is 16.2. The summed E-state index contributed by atoms with van der Waals surface area (Å²) in [4.78, 5) is 23.2. The fraction of sp³-hybridized carbons (Fsp3) is 0.385. The van der Waals surface area contributed by atoms with Crippen molar-refractivity contribution in [1.29, 1.82) is 0 Å². The number of anilines is 1. The number of amides is 3. The van der Waals surface area contributed by atoms with Gasteiger partial charge in [-0.3, -0.25) is 4.79 Å². The van der Waals surface area contributed by atoms with Crippen LogP contribution < -0.4 is 16.0 Å². The van der Waals surface area contributed by atoms with Crippen LogP contribution >= 0.6 is 0 Å². The van der Waals surface area contributed by atoms with Gasteiger partial charge in [0.1, 0.15) is 5.82 Å². The normalized spacial score (nSPS) is 19.4. The van der Waals surface area contributed by atoms with Crippen molar-refractivity contribution in [2.75, 3.05) is 23.4 Å². The van der Waals surface area contributed by atoms with E-state index in [9.17, 15) is 22.4 Å². The molecule has 1 aromatic rings. The molecule has 3 amide bonds. The minimum absolute atomic E-state index is 0.0585. The maximum Gasteiger partial charge on any atom is 0.315 e. The molecule has 3 N–H and O–H groups in total. The van der Waals surface area contributed by atoms with Crippen LogP contribution in [0.3, 0.4) is 0 Å². The summed E-state index contributed by atoms with van der Waals surface area (Å²) in [6.45, 7) is -0.275. The standard InChI is InChI=1S/C13H16FN3O4S/c14-9-1-3-10(4-2-9)16-12(18)7-15-13(19)17-11-5-6-22(20,21)8-11/h1-4,11H,5-8H2,(H,16,18)(H2,15,17,19)/t11-/m0/s1. The van der Waals surface area contributed by atoms with Gasteiger partial charge in [-0.2, -0.15) is 0 Å². The van der Waals surface area contributed by atoms with E-state index in [-0.39, 0.29) is 18.1 Å². The van der Waals surface area contributed by atoms with E-state index >= 15 is 0 Å². The maximum atomic E-state index is 12.7. The number of carbonyl (C=O) groups is 2. The van der Waals surface area contributed by atoms with Gasteiger partial charge in [0.25, 0.3) is 0 Å².